The van der Waals surface area contributed by atoms with Crippen molar-refractivity contribution in [2.24, 2.45) is 11.8 Å². The summed E-state index contributed by atoms with van der Waals surface area (Å²) in [5, 5.41) is 10.8. The minimum Gasteiger partial charge on any atom is -0.508 e. The number of aromatic nitrogens is 1. The third kappa shape index (κ3) is 4.50. The van der Waals surface area contributed by atoms with Gasteiger partial charge in [-0.05, 0) is 42.0 Å². The summed E-state index contributed by atoms with van der Waals surface area (Å²) in [5.74, 6) is 1.72. The molecule has 116 valence electrons. The van der Waals surface area contributed by atoms with Crippen LogP contribution in [0.3, 0.4) is 0 Å². The van der Waals surface area contributed by atoms with Gasteiger partial charge in [0.15, 0.2) is 0 Å². The SMILES string of the molecule is CC(C)CN(CCc1c[nH]c2ccc(O)cc12)CC(C)C. The zero-order valence-electron chi connectivity index (χ0n) is 13.7. The lowest BCUT2D eigenvalue weighted by Gasteiger charge is -2.26. The van der Waals surface area contributed by atoms with Crippen LogP contribution in [0.4, 0.5) is 0 Å². The van der Waals surface area contributed by atoms with E-state index in [-0.39, 0.29) is 0 Å². The number of nitrogens with zero attached hydrogens (tertiary/aromatic N) is 1. The molecule has 21 heavy (non-hydrogen) atoms. The fourth-order valence-corrected chi connectivity index (χ4v) is 2.94. The molecule has 1 heterocycles. The molecule has 2 N–H and O–H groups in total. The molecule has 0 saturated heterocycles. The van der Waals surface area contributed by atoms with Crippen LogP contribution in [0.25, 0.3) is 10.9 Å². The van der Waals surface area contributed by atoms with Crippen LogP contribution in [0.2, 0.25) is 0 Å². The number of aromatic amines is 1. The van der Waals surface area contributed by atoms with Crippen molar-refractivity contribution >= 4 is 10.9 Å². The van der Waals surface area contributed by atoms with Crippen molar-refractivity contribution in [1.29, 1.82) is 0 Å². The summed E-state index contributed by atoms with van der Waals surface area (Å²) in [6.45, 7) is 12.5. The second-order valence-corrected chi connectivity index (χ2v) is 6.84. The molecular formula is C18H28N2O. The summed E-state index contributed by atoms with van der Waals surface area (Å²) >= 11 is 0. The molecule has 1 aromatic carbocycles. The summed E-state index contributed by atoms with van der Waals surface area (Å²) in [4.78, 5) is 5.84. The third-order valence-electron chi connectivity index (χ3n) is 3.70. The van der Waals surface area contributed by atoms with Gasteiger partial charge in [-0.2, -0.15) is 0 Å². The fraction of sp³-hybridized carbons (Fsp3) is 0.556. The minimum atomic E-state index is 0.338. The number of nitrogens with one attached hydrogen (secondary N) is 1. The number of hydrogen-bond acceptors (Lipinski definition) is 2. The van der Waals surface area contributed by atoms with Crippen molar-refractivity contribution in [1.82, 2.24) is 9.88 Å². The van der Waals surface area contributed by atoms with Gasteiger partial charge in [-0.1, -0.05) is 27.7 Å². The number of hydrogen-bond donors (Lipinski definition) is 2. The van der Waals surface area contributed by atoms with Crippen LogP contribution in [0.5, 0.6) is 5.75 Å². The van der Waals surface area contributed by atoms with Gasteiger partial charge in [0.1, 0.15) is 5.75 Å². The maximum absolute atomic E-state index is 9.66. The van der Waals surface area contributed by atoms with E-state index in [0.717, 1.165) is 37.0 Å². The van der Waals surface area contributed by atoms with Crippen molar-refractivity contribution in [3.63, 3.8) is 0 Å². The van der Waals surface area contributed by atoms with Crippen molar-refractivity contribution in [3.8, 4) is 5.75 Å². The number of benzene rings is 1. The van der Waals surface area contributed by atoms with E-state index in [0.29, 0.717) is 17.6 Å². The summed E-state index contributed by atoms with van der Waals surface area (Å²) in [7, 11) is 0. The highest BCUT2D eigenvalue weighted by Crippen LogP contribution is 2.23. The minimum absolute atomic E-state index is 0.338. The first-order chi connectivity index (χ1) is 9.95. The Hall–Kier alpha value is -1.48. The van der Waals surface area contributed by atoms with E-state index >= 15 is 0 Å². The molecule has 0 aliphatic rings. The number of phenols is 1. The number of fused-ring (bicyclic) bond motifs is 1. The zero-order chi connectivity index (χ0) is 15.4. The predicted molar refractivity (Wildman–Crippen MR) is 89.8 cm³/mol. The average molecular weight is 288 g/mol. The smallest absolute Gasteiger partial charge is 0.116 e. The molecule has 1 aromatic heterocycles. The fourth-order valence-electron chi connectivity index (χ4n) is 2.94. The molecule has 2 aromatic rings. The van der Waals surface area contributed by atoms with Gasteiger partial charge in [0, 0.05) is 36.7 Å². The van der Waals surface area contributed by atoms with Crippen LogP contribution in [-0.4, -0.2) is 34.6 Å². The Morgan fingerprint density at radius 2 is 1.76 bits per heavy atom. The van der Waals surface area contributed by atoms with Gasteiger partial charge >= 0.3 is 0 Å². The molecule has 3 heteroatoms. The first-order valence-electron chi connectivity index (χ1n) is 7.97. The maximum Gasteiger partial charge on any atom is 0.116 e. The molecule has 0 radical (unpaired) electrons. The number of phenolic OH excluding ortho intramolecular Hbond substituents is 1. The van der Waals surface area contributed by atoms with Crippen molar-refractivity contribution in [3.05, 3.63) is 30.0 Å². The highest BCUT2D eigenvalue weighted by molar-refractivity contribution is 5.84. The van der Waals surface area contributed by atoms with Crippen LogP contribution in [0.15, 0.2) is 24.4 Å². The highest BCUT2D eigenvalue weighted by Gasteiger charge is 2.11. The van der Waals surface area contributed by atoms with Gasteiger partial charge in [0.25, 0.3) is 0 Å². The molecule has 0 atom stereocenters. The van der Waals surface area contributed by atoms with Gasteiger partial charge in [0.05, 0.1) is 0 Å². The molecule has 0 saturated carbocycles. The number of aromatic hydroxyl groups is 1. The summed E-state index contributed by atoms with van der Waals surface area (Å²) in [5.41, 5.74) is 2.39. The van der Waals surface area contributed by atoms with Gasteiger partial charge in [-0.15, -0.1) is 0 Å². The van der Waals surface area contributed by atoms with E-state index in [1.54, 1.807) is 6.07 Å². The Morgan fingerprint density at radius 3 is 2.38 bits per heavy atom. The van der Waals surface area contributed by atoms with Gasteiger partial charge in [-0.3, -0.25) is 0 Å². The van der Waals surface area contributed by atoms with Gasteiger partial charge in [-0.25, -0.2) is 0 Å². The summed E-state index contributed by atoms with van der Waals surface area (Å²) in [6.07, 6.45) is 3.09. The summed E-state index contributed by atoms with van der Waals surface area (Å²) < 4.78 is 0. The lowest BCUT2D eigenvalue weighted by molar-refractivity contribution is 0.222. The monoisotopic (exact) mass is 288 g/mol. The van der Waals surface area contributed by atoms with Crippen LogP contribution in [0, 0.1) is 11.8 Å². The molecular weight excluding hydrogens is 260 g/mol. The van der Waals surface area contributed by atoms with E-state index in [2.05, 4.69) is 43.8 Å². The molecule has 0 bridgehead atoms. The van der Waals surface area contributed by atoms with Crippen LogP contribution >= 0.6 is 0 Å². The molecule has 0 aliphatic heterocycles. The van der Waals surface area contributed by atoms with Gasteiger partial charge in [0.2, 0.25) is 0 Å². The predicted octanol–water partition coefficient (Wildman–Crippen LogP) is 4.03. The highest BCUT2D eigenvalue weighted by atomic mass is 16.3. The molecule has 2 rings (SSSR count). The van der Waals surface area contributed by atoms with Crippen LogP contribution in [0.1, 0.15) is 33.3 Å². The van der Waals surface area contributed by atoms with Crippen LogP contribution in [-0.2, 0) is 6.42 Å². The van der Waals surface area contributed by atoms with Crippen molar-refractivity contribution in [2.45, 2.75) is 34.1 Å². The second kappa shape index (κ2) is 6.99. The third-order valence-corrected chi connectivity index (χ3v) is 3.70. The molecule has 0 aliphatic carbocycles. The Kier molecular flexibility index (Phi) is 5.29. The quantitative estimate of drug-likeness (QED) is 0.807. The molecule has 0 amide bonds. The molecule has 0 unspecified atom stereocenters. The Labute approximate surface area is 128 Å². The zero-order valence-corrected chi connectivity index (χ0v) is 13.7. The van der Waals surface area contributed by atoms with E-state index in [1.807, 2.05) is 12.1 Å². The number of rotatable bonds is 7. The molecule has 0 spiro atoms. The average Bonchev–Trinajstić information content (AvgIpc) is 2.77. The van der Waals surface area contributed by atoms with E-state index in [9.17, 15) is 5.11 Å². The first kappa shape index (κ1) is 15.9. The lowest BCUT2D eigenvalue weighted by atomic mass is 10.1. The standard InChI is InChI=1S/C18H28N2O/c1-13(2)11-20(12-14(3)4)8-7-15-10-19-18-6-5-16(21)9-17(15)18/h5-6,9-10,13-14,19,21H,7-8,11-12H2,1-4H3. The van der Waals surface area contributed by atoms with E-state index < -0.39 is 0 Å². The largest absolute Gasteiger partial charge is 0.508 e. The second-order valence-electron chi connectivity index (χ2n) is 6.84. The topological polar surface area (TPSA) is 39.3 Å². The molecule has 0 fully saturated rings. The van der Waals surface area contributed by atoms with E-state index in [1.165, 1.54) is 5.56 Å². The lowest BCUT2D eigenvalue weighted by Crippen LogP contribution is -2.33. The Bertz CT molecular complexity index is 562. The van der Waals surface area contributed by atoms with Crippen molar-refractivity contribution in [2.75, 3.05) is 19.6 Å². The normalized spacial score (nSPS) is 12.1. The maximum atomic E-state index is 9.66. The first-order valence-corrected chi connectivity index (χ1v) is 7.97. The van der Waals surface area contributed by atoms with Crippen molar-refractivity contribution < 1.29 is 5.11 Å². The van der Waals surface area contributed by atoms with E-state index in [4.69, 9.17) is 0 Å². The van der Waals surface area contributed by atoms with Crippen LogP contribution < -0.4 is 0 Å². The Balaban J connectivity index is 2.06. The van der Waals surface area contributed by atoms with Gasteiger partial charge < -0.3 is 15.0 Å². The summed E-state index contributed by atoms with van der Waals surface area (Å²) in [6, 6.07) is 5.52. The Morgan fingerprint density at radius 1 is 1.10 bits per heavy atom. The molecule has 3 nitrogen and oxygen atoms in total. The number of H-pyrrole nitrogens is 1.